The number of carbonyl (C=O) groups excluding carboxylic acids is 1. The van der Waals surface area contributed by atoms with Gasteiger partial charge in [0.05, 0.1) is 18.0 Å². The zero-order chi connectivity index (χ0) is 12.8. The highest BCUT2D eigenvalue weighted by atomic mass is 16.5. The highest BCUT2D eigenvalue weighted by Crippen LogP contribution is 2.13. The second-order valence-electron chi connectivity index (χ2n) is 4.70. The topological polar surface area (TPSA) is 51.2 Å². The lowest BCUT2D eigenvalue weighted by Gasteiger charge is -2.10. The Balaban J connectivity index is 2.53. The van der Waals surface area contributed by atoms with Crippen molar-refractivity contribution >= 4 is 11.6 Å². The van der Waals surface area contributed by atoms with Gasteiger partial charge in [0, 0.05) is 12.5 Å². The van der Waals surface area contributed by atoms with E-state index in [1.165, 1.54) is 0 Å². The van der Waals surface area contributed by atoms with Crippen LogP contribution in [-0.4, -0.2) is 17.0 Å². The van der Waals surface area contributed by atoms with Gasteiger partial charge in [0.15, 0.2) is 0 Å². The number of carbonyl (C=O) groups is 1. The summed E-state index contributed by atoms with van der Waals surface area (Å²) in [6.45, 7) is 7.91. The van der Waals surface area contributed by atoms with Crippen LogP contribution in [0.2, 0.25) is 0 Å². The predicted molar refractivity (Wildman–Crippen MR) is 68.1 cm³/mol. The summed E-state index contributed by atoms with van der Waals surface area (Å²) in [7, 11) is 0. The van der Waals surface area contributed by atoms with E-state index in [0.29, 0.717) is 23.9 Å². The number of nitrogens with zero attached hydrogens (tertiary/aromatic N) is 1. The predicted octanol–water partition coefficient (Wildman–Crippen LogP) is 2.85. The Morgan fingerprint density at radius 2 is 2.06 bits per heavy atom. The lowest BCUT2D eigenvalue weighted by molar-refractivity contribution is -0.116. The van der Waals surface area contributed by atoms with Crippen molar-refractivity contribution in [1.29, 1.82) is 0 Å². The largest absolute Gasteiger partial charge is 0.475 e. The molecule has 0 atom stereocenters. The molecule has 1 aromatic rings. The van der Waals surface area contributed by atoms with E-state index >= 15 is 0 Å². The standard InChI is InChI=1S/C13H20N2O2/c1-9(2)7-12(16)15-11-5-6-13(14-8-11)17-10(3)4/h5-6,8-10H,7H2,1-4H3,(H,15,16). The molecule has 1 amide bonds. The maximum atomic E-state index is 11.5. The van der Waals surface area contributed by atoms with Crippen LogP contribution in [0.15, 0.2) is 18.3 Å². The van der Waals surface area contributed by atoms with E-state index in [0.717, 1.165) is 0 Å². The van der Waals surface area contributed by atoms with E-state index in [4.69, 9.17) is 4.74 Å². The Morgan fingerprint density at radius 1 is 1.35 bits per heavy atom. The summed E-state index contributed by atoms with van der Waals surface area (Å²) in [5.74, 6) is 0.938. The maximum Gasteiger partial charge on any atom is 0.224 e. The molecular formula is C13H20N2O2. The molecule has 1 aromatic heterocycles. The van der Waals surface area contributed by atoms with Crippen molar-refractivity contribution in [2.75, 3.05) is 5.32 Å². The number of amides is 1. The van der Waals surface area contributed by atoms with Crippen molar-refractivity contribution in [2.24, 2.45) is 5.92 Å². The van der Waals surface area contributed by atoms with Gasteiger partial charge in [-0.3, -0.25) is 4.79 Å². The Labute approximate surface area is 102 Å². The van der Waals surface area contributed by atoms with Gasteiger partial charge in [-0.25, -0.2) is 4.98 Å². The molecule has 4 heteroatoms. The number of aromatic nitrogens is 1. The summed E-state index contributed by atoms with van der Waals surface area (Å²) in [5, 5.41) is 2.80. The fourth-order valence-corrected chi connectivity index (χ4v) is 1.35. The average Bonchev–Trinajstić information content (AvgIpc) is 2.18. The normalized spacial score (nSPS) is 10.7. The molecular weight excluding hydrogens is 216 g/mol. The second kappa shape index (κ2) is 6.23. The quantitative estimate of drug-likeness (QED) is 0.855. The van der Waals surface area contributed by atoms with Gasteiger partial charge in [0.2, 0.25) is 11.8 Å². The molecule has 94 valence electrons. The molecule has 0 saturated carbocycles. The van der Waals surface area contributed by atoms with E-state index < -0.39 is 0 Å². The Bertz CT molecular complexity index is 358. The van der Waals surface area contributed by atoms with E-state index in [9.17, 15) is 4.79 Å². The molecule has 0 unspecified atom stereocenters. The van der Waals surface area contributed by atoms with Gasteiger partial charge in [0.1, 0.15) is 0 Å². The first-order valence-corrected chi connectivity index (χ1v) is 5.90. The van der Waals surface area contributed by atoms with Crippen molar-refractivity contribution in [3.63, 3.8) is 0 Å². The van der Waals surface area contributed by atoms with Crippen molar-refractivity contribution in [3.8, 4) is 5.88 Å². The summed E-state index contributed by atoms with van der Waals surface area (Å²) < 4.78 is 5.41. The molecule has 0 aliphatic rings. The molecule has 0 radical (unpaired) electrons. The molecule has 0 aliphatic carbocycles. The van der Waals surface area contributed by atoms with E-state index in [-0.39, 0.29) is 12.0 Å². The third-order valence-electron chi connectivity index (χ3n) is 1.97. The first-order valence-electron chi connectivity index (χ1n) is 5.90. The summed E-state index contributed by atoms with van der Waals surface area (Å²) in [6, 6.07) is 3.55. The molecule has 0 fully saturated rings. The highest BCUT2D eigenvalue weighted by Gasteiger charge is 2.06. The molecule has 0 spiro atoms. The van der Waals surface area contributed by atoms with E-state index in [1.807, 2.05) is 27.7 Å². The molecule has 1 N–H and O–H groups in total. The number of nitrogens with one attached hydrogen (secondary N) is 1. The Morgan fingerprint density at radius 3 is 2.53 bits per heavy atom. The molecule has 0 bridgehead atoms. The zero-order valence-corrected chi connectivity index (χ0v) is 10.9. The van der Waals surface area contributed by atoms with Crippen LogP contribution in [0.1, 0.15) is 34.1 Å². The molecule has 0 saturated heterocycles. The van der Waals surface area contributed by atoms with Crippen LogP contribution in [0.25, 0.3) is 0 Å². The third-order valence-corrected chi connectivity index (χ3v) is 1.97. The van der Waals surface area contributed by atoms with Gasteiger partial charge < -0.3 is 10.1 Å². The van der Waals surface area contributed by atoms with Gasteiger partial charge in [-0.05, 0) is 25.8 Å². The number of anilines is 1. The maximum absolute atomic E-state index is 11.5. The second-order valence-corrected chi connectivity index (χ2v) is 4.70. The summed E-state index contributed by atoms with van der Waals surface area (Å²) in [5.41, 5.74) is 0.701. The minimum Gasteiger partial charge on any atom is -0.475 e. The smallest absolute Gasteiger partial charge is 0.224 e. The monoisotopic (exact) mass is 236 g/mol. The molecule has 0 aromatic carbocycles. The first-order chi connectivity index (χ1) is 7.97. The van der Waals surface area contributed by atoms with Crippen LogP contribution in [0.3, 0.4) is 0 Å². The molecule has 1 rings (SSSR count). The van der Waals surface area contributed by atoms with Gasteiger partial charge in [-0.2, -0.15) is 0 Å². The molecule has 1 heterocycles. The van der Waals surface area contributed by atoms with Gasteiger partial charge >= 0.3 is 0 Å². The van der Waals surface area contributed by atoms with Gasteiger partial charge in [-0.15, -0.1) is 0 Å². The Hall–Kier alpha value is -1.58. The van der Waals surface area contributed by atoms with Crippen LogP contribution in [0.5, 0.6) is 5.88 Å². The number of hydrogen-bond donors (Lipinski definition) is 1. The van der Waals surface area contributed by atoms with Crippen LogP contribution in [0, 0.1) is 5.92 Å². The summed E-state index contributed by atoms with van der Waals surface area (Å²) in [6.07, 6.45) is 2.23. The van der Waals surface area contributed by atoms with Crippen molar-refractivity contribution in [3.05, 3.63) is 18.3 Å². The van der Waals surface area contributed by atoms with Crippen molar-refractivity contribution < 1.29 is 9.53 Å². The van der Waals surface area contributed by atoms with E-state index in [1.54, 1.807) is 18.3 Å². The van der Waals surface area contributed by atoms with Gasteiger partial charge in [0.25, 0.3) is 0 Å². The van der Waals surface area contributed by atoms with Gasteiger partial charge in [-0.1, -0.05) is 13.8 Å². The van der Waals surface area contributed by atoms with E-state index in [2.05, 4.69) is 10.3 Å². The number of hydrogen-bond acceptors (Lipinski definition) is 3. The molecule has 4 nitrogen and oxygen atoms in total. The highest BCUT2D eigenvalue weighted by molar-refractivity contribution is 5.90. The minimum absolute atomic E-state index is 0.0133. The van der Waals surface area contributed by atoms with Crippen LogP contribution >= 0.6 is 0 Å². The van der Waals surface area contributed by atoms with Crippen LogP contribution in [-0.2, 0) is 4.79 Å². The number of rotatable bonds is 5. The number of ether oxygens (including phenoxy) is 1. The minimum atomic E-state index is 0.0133. The van der Waals surface area contributed by atoms with Crippen LogP contribution < -0.4 is 10.1 Å². The zero-order valence-electron chi connectivity index (χ0n) is 10.9. The van der Waals surface area contributed by atoms with Crippen LogP contribution in [0.4, 0.5) is 5.69 Å². The fraction of sp³-hybridized carbons (Fsp3) is 0.538. The third kappa shape index (κ3) is 5.33. The van der Waals surface area contributed by atoms with Crippen molar-refractivity contribution in [1.82, 2.24) is 4.98 Å². The van der Waals surface area contributed by atoms with Crippen molar-refractivity contribution in [2.45, 2.75) is 40.2 Å². The summed E-state index contributed by atoms with van der Waals surface area (Å²) >= 11 is 0. The SMILES string of the molecule is CC(C)CC(=O)Nc1ccc(OC(C)C)nc1. The lowest BCUT2D eigenvalue weighted by Crippen LogP contribution is -2.14. The lowest BCUT2D eigenvalue weighted by atomic mass is 10.1. The summed E-state index contributed by atoms with van der Waals surface area (Å²) in [4.78, 5) is 15.6. The number of pyridine rings is 1. The fourth-order valence-electron chi connectivity index (χ4n) is 1.35. The average molecular weight is 236 g/mol. The first kappa shape index (κ1) is 13.5. The molecule has 17 heavy (non-hydrogen) atoms. The molecule has 0 aliphatic heterocycles. The Kier molecular flexibility index (Phi) is 4.94.